The Bertz CT molecular complexity index is 360. The van der Waals surface area contributed by atoms with Crippen LogP contribution in [0.25, 0.3) is 0 Å². The second kappa shape index (κ2) is 2.85. The van der Waals surface area contributed by atoms with E-state index >= 15 is 0 Å². The highest BCUT2D eigenvalue weighted by Gasteiger charge is 2.20. The molecule has 1 unspecified atom stereocenters. The third kappa shape index (κ3) is 1.31. The van der Waals surface area contributed by atoms with Crippen molar-refractivity contribution in [2.75, 3.05) is 0 Å². The van der Waals surface area contributed by atoms with E-state index in [2.05, 4.69) is 0 Å². The number of amides is 1. The number of aliphatic hydroxyl groups excluding tert-OH is 1. The Morgan fingerprint density at radius 2 is 2.31 bits per heavy atom. The summed E-state index contributed by atoms with van der Waals surface area (Å²) in [4.78, 5) is 10.8. The molecule has 3 heteroatoms. The van der Waals surface area contributed by atoms with Crippen LogP contribution in [0, 0.1) is 0 Å². The molecule has 1 aliphatic rings. The number of rotatable bonds is 1. The van der Waals surface area contributed by atoms with Crippen LogP contribution in [0.2, 0.25) is 0 Å². The van der Waals surface area contributed by atoms with Crippen LogP contribution in [0.1, 0.15) is 34.0 Å². The lowest BCUT2D eigenvalue weighted by molar-refractivity contribution is 0.1000. The summed E-state index contributed by atoms with van der Waals surface area (Å²) < 4.78 is 0. The van der Waals surface area contributed by atoms with Crippen molar-refractivity contribution in [1.82, 2.24) is 0 Å². The molecule has 13 heavy (non-hydrogen) atoms. The maximum Gasteiger partial charge on any atom is 0.248 e. The molecule has 2 rings (SSSR count). The van der Waals surface area contributed by atoms with E-state index < -0.39 is 12.0 Å². The normalized spacial score (nSPS) is 19.9. The van der Waals surface area contributed by atoms with E-state index in [-0.39, 0.29) is 0 Å². The number of aryl methyl sites for hydroxylation is 1. The summed E-state index contributed by atoms with van der Waals surface area (Å²) in [6.45, 7) is 0. The smallest absolute Gasteiger partial charge is 0.248 e. The molecular formula is C10H11NO2. The first-order valence-electron chi connectivity index (χ1n) is 4.29. The highest BCUT2D eigenvalue weighted by molar-refractivity contribution is 5.93. The lowest BCUT2D eigenvalue weighted by atomic mass is 10.1. The summed E-state index contributed by atoms with van der Waals surface area (Å²) in [5, 5.41) is 9.54. The Kier molecular flexibility index (Phi) is 1.81. The Morgan fingerprint density at radius 3 is 3.00 bits per heavy atom. The first-order valence-corrected chi connectivity index (χ1v) is 4.29. The lowest BCUT2D eigenvalue weighted by Gasteiger charge is -2.04. The summed E-state index contributed by atoms with van der Waals surface area (Å²) in [5.41, 5.74) is 7.59. The highest BCUT2D eigenvalue weighted by Crippen LogP contribution is 2.31. The first-order chi connectivity index (χ1) is 6.18. The van der Waals surface area contributed by atoms with Gasteiger partial charge < -0.3 is 10.8 Å². The van der Waals surface area contributed by atoms with E-state index in [1.807, 2.05) is 6.07 Å². The minimum atomic E-state index is -0.443. The Balaban J connectivity index is 2.47. The van der Waals surface area contributed by atoms with Gasteiger partial charge in [0.2, 0.25) is 5.91 Å². The van der Waals surface area contributed by atoms with Crippen LogP contribution in [-0.2, 0) is 6.42 Å². The number of carbonyl (C=O) groups excluding carboxylic acids is 1. The minimum absolute atomic E-state index is 0.422. The second-order valence-electron chi connectivity index (χ2n) is 3.33. The number of hydrogen-bond acceptors (Lipinski definition) is 2. The Labute approximate surface area is 76.2 Å². The Hall–Kier alpha value is -1.35. The van der Waals surface area contributed by atoms with Gasteiger partial charge in [-0.1, -0.05) is 6.07 Å². The molecule has 0 aliphatic heterocycles. The standard InChI is InChI=1S/C10H11NO2/c11-10(13)7-2-1-6-3-4-9(12)8(6)5-7/h1-2,5,9,12H,3-4H2,(H2,11,13). The van der Waals surface area contributed by atoms with E-state index in [1.165, 1.54) is 0 Å². The number of fused-ring (bicyclic) bond motifs is 1. The van der Waals surface area contributed by atoms with Gasteiger partial charge in [0.15, 0.2) is 0 Å². The van der Waals surface area contributed by atoms with Crippen molar-refractivity contribution >= 4 is 5.91 Å². The maximum atomic E-state index is 10.8. The lowest BCUT2D eigenvalue weighted by Crippen LogP contribution is -2.11. The van der Waals surface area contributed by atoms with Crippen LogP contribution in [0.4, 0.5) is 0 Å². The van der Waals surface area contributed by atoms with Gasteiger partial charge in [-0.25, -0.2) is 0 Å². The van der Waals surface area contributed by atoms with Gasteiger partial charge in [-0.05, 0) is 36.1 Å². The second-order valence-corrected chi connectivity index (χ2v) is 3.33. The van der Waals surface area contributed by atoms with Gasteiger partial charge >= 0.3 is 0 Å². The molecule has 0 radical (unpaired) electrons. The van der Waals surface area contributed by atoms with E-state index in [1.54, 1.807) is 12.1 Å². The minimum Gasteiger partial charge on any atom is -0.388 e. The molecule has 0 aromatic heterocycles. The molecule has 0 fully saturated rings. The fraction of sp³-hybridized carbons (Fsp3) is 0.300. The van der Waals surface area contributed by atoms with Gasteiger partial charge in [-0.3, -0.25) is 4.79 Å². The van der Waals surface area contributed by atoms with Gasteiger partial charge in [0.05, 0.1) is 6.10 Å². The quantitative estimate of drug-likeness (QED) is 0.665. The van der Waals surface area contributed by atoms with Crippen molar-refractivity contribution in [1.29, 1.82) is 0 Å². The van der Waals surface area contributed by atoms with Gasteiger partial charge in [0, 0.05) is 5.56 Å². The number of hydrogen-bond donors (Lipinski definition) is 2. The monoisotopic (exact) mass is 177 g/mol. The van der Waals surface area contributed by atoms with Gasteiger partial charge in [0.25, 0.3) is 0 Å². The van der Waals surface area contributed by atoms with Gasteiger partial charge in [-0.15, -0.1) is 0 Å². The average Bonchev–Trinajstić information content (AvgIpc) is 2.47. The molecule has 0 heterocycles. The van der Waals surface area contributed by atoms with E-state index in [0.29, 0.717) is 5.56 Å². The SMILES string of the molecule is NC(=O)c1ccc2c(c1)C(O)CC2. The van der Waals surface area contributed by atoms with E-state index in [0.717, 1.165) is 24.0 Å². The van der Waals surface area contributed by atoms with E-state index in [4.69, 9.17) is 5.73 Å². The maximum absolute atomic E-state index is 10.8. The van der Waals surface area contributed by atoms with Crippen LogP contribution in [-0.4, -0.2) is 11.0 Å². The summed E-state index contributed by atoms with van der Waals surface area (Å²) in [7, 11) is 0. The zero-order valence-corrected chi connectivity index (χ0v) is 7.16. The molecule has 1 aliphatic carbocycles. The largest absolute Gasteiger partial charge is 0.388 e. The summed E-state index contributed by atoms with van der Waals surface area (Å²) >= 11 is 0. The summed E-state index contributed by atoms with van der Waals surface area (Å²) in [5.74, 6) is -0.443. The summed E-state index contributed by atoms with van der Waals surface area (Å²) in [6, 6.07) is 5.26. The van der Waals surface area contributed by atoms with Crippen molar-refractivity contribution < 1.29 is 9.90 Å². The number of primary amides is 1. The number of nitrogens with two attached hydrogens (primary N) is 1. The number of aliphatic hydroxyl groups is 1. The van der Waals surface area contributed by atoms with Crippen molar-refractivity contribution in [2.24, 2.45) is 5.73 Å². The van der Waals surface area contributed by atoms with Gasteiger partial charge in [-0.2, -0.15) is 0 Å². The molecule has 1 atom stereocenters. The number of carbonyl (C=O) groups is 1. The molecule has 0 bridgehead atoms. The topological polar surface area (TPSA) is 63.3 Å². The molecule has 0 saturated carbocycles. The summed E-state index contributed by atoms with van der Waals surface area (Å²) in [6.07, 6.45) is 1.21. The van der Waals surface area contributed by atoms with Crippen LogP contribution in [0.15, 0.2) is 18.2 Å². The molecule has 1 amide bonds. The zero-order valence-electron chi connectivity index (χ0n) is 7.16. The first kappa shape index (κ1) is 8.26. The molecule has 0 saturated heterocycles. The third-order valence-corrected chi connectivity index (χ3v) is 2.48. The van der Waals surface area contributed by atoms with Crippen molar-refractivity contribution in [2.45, 2.75) is 18.9 Å². The molecule has 3 N–H and O–H groups in total. The van der Waals surface area contributed by atoms with Gasteiger partial charge in [0.1, 0.15) is 0 Å². The molecule has 68 valence electrons. The third-order valence-electron chi connectivity index (χ3n) is 2.48. The van der Waals surface area contributed by atoms with Crippen molar-refractivity contribution in [3.63, 3.8) is 0 Å². The molecular weight excluding hydrogens is 166 g/mol. The number of benzene rings is 1. The molecule has 3 nitrogen and oxygen atoms in total. The fourth-order valence-corrected chi connectivity index (χ4v) is 1.73. The Morgan fingerprint density at radius 1 is 1.54 bits per heavy atom. The molecule has 1 aromatic rings. The highest BCUT2D eigenvalue weighted by atomic mass is 16.3. The predicted molar refractivity (Wildman–Crippen MR) is 48.2 cm³/mol. The zero-order chi connectivity index (χ0) is 9.42. The van der Waals surface area contributed by atoms with Crippen LogP contribution in [0.3, 0.4) is 0 Å². The predicted octanol–water partition coefficient (Wildman–Crippen LogP) is 0.765. The molecule has 0 spiro atoms. The van der Waals surface area contributed by atoms with E-state index in [9.17, 15) is 9.90 Å². The van der Waals surface area contributed by atoms with Crippen molar-refractivity contribution in [3.05, 3.63) is 34.9 Å². The van der Waals surface area contributed by atoms with Crippen LogP contribution in [0.5, 0.6) is 0 Å². The molecule has 1 aromatic carbocycles. The van der Waals surface area contributed by atoms with Crippen molar-refractivity contribution in [3.8, 4) is 0 Å². The van der Waals surface area contributed by atoms with Crippen LogP contribution < -0.4 is 5.73 Å². The fourth-order valence-electron chi connectivity index (χ4n) is 1.73. The van der Waals surface area contributed by atoms with Crippen LogP contribution >= 0.6 is 0 Å². The average molecular weight is 177 g/mol.